The minimum Gasteiger partial charge on any atom is -0.539 e. The van der Waals surface area contributed by atoms with Crippen molar-refractivity contribution in [3.63, 3.8) is 0 Å². The zero-order valence-corrected chi connectivity index (χ0v) is 11.3. The van der Waals surface area contributed by atoms with Crippen molar-refractivity contribution in [2.45, 2.75) is 39.5 Å². The summed E-state index contributed by atoms with van der Waals surface area (Å²) in [6, 6.07) is 0. The predicted octanol–water partition coefficient (Wildman–Crippen LogP) is 1.28. The van der Waals surface area contributed by atoms with E-state index in [1.54, 1.807) is 11.7 Å². The molecule has 0 spiro atoms. The Morgan fingerprint density at radius 3 is 2.19 bits per heavy atom. The van der Waals surface area contributed by atoms with E-state index in [0.29, 0.717) is 0 Å². The first-order chi connectivity index (χ1) is 7.70. The molecule has 16 heavy (non-hydrogen) atoms. The van der Waals surface area contributed by atoms with E-state index in [4.69, 9.17) is 4.52 Å². The summed E-state index contributed by atoms with van der Waals surface area (Å²) in [5.41, 5.74) is 0.803. The first-order valence-electron chi connectivity index (χ1n) is 5.98. The van der Waals surface area contributed by atoms with Gasteiger partial charge >= 0.3 is 0 Å². The van der Waals surface area contributed by atoms with Crippen LogP contribution in [0.25, 0.3) is 0 Å². The number of hydrogen-bond acceptors (Lipinski definition) is 3. The van der Waals surface area contributed by atoms with Crippen molar-refractivity contribution in [1.82, 2.24) is 5.27 Å². The molecule has 1 rings (SSSR count). The number of hydrogen-bond donors (Lipinski definition) is 0. The molecule has 0 saturated carbocycles. The van der Waals surface area contributed by atoms with Gasteiger partial charge in [0, 0.05) is 7.92 Å². The minimum absolute atomic E-state index is 0.235. The zero-order chi connectivity index (χ0) is 12.0. The van der Waals surface area contributed by atoms with Gasteiger partial charge in [-0.1, -0.05) is 31.4 Å². The van der Waals surface area contributed by atoms with Crippen LogP contribution in [0.15, 0.2) is 4.52 Å². The van der Waals surface area contributed by atoms with E-state index in [1.165, 1.54) is 25.7 Å². The quantitative estimate of drug-likeness (QED) is 0.536. The Labute approximate surface area is 98.4 Å². The molecule has 5 heteroatoms. The van der Waals surface area contributed by atoms with Crippen molar-refractivity contribution in [2.75, 3.05) is 12.3 Å². The normalized spacial score (nSPS) is 11.2. The van der Waals surface area contributed by atoms with Crippen LogP contribution in [0.5, 0.6) is 5.95 Å². The van der Waals surface area contributed by atoms with Gasteiger partial charge in [-0.25, -0.2) is 0 Å². The molecule has 0 N–H and O–H groups in total. The van der Waals surface area contributed by atoms with E-state index in [-0.39, 0.29) is 13.9 Å². The highest BCUT2D eigenvalue weighted by molar-refractivity contribution is 7.65. The highest BCUT2D eigenvalue weighted by atomic mass is 31.1. The number of aromatic nitrogens is 2. The Bertz CT molecular complexity index is 287. The van der Waals surface area contributed by atoms with E-state index in [2.05, 4.69) is 19.1 Å². The van der Waals surface area contributed by atoms with E-state index in [9.17, 15) is 5.11 Å². The van der Waals surface area contributed by atoms with E-state index >= 15 is 0 Å². The van der Waals surface area contributed by atoms with Crippen LogP contribution in [0.3, 0.4) is 0 Å². The third kappa shape index (κ3) is 3.44. The number of nitrogens with zero attached hydrogens (tertiary/aromatic N) is 2. The van der Waals surface area contributed by atoms with Gasteiger partial charge in [-0.15, -0.1) is 0 Å². The van der Waals surface area contributed by atoms with Crippen molar-refractivity contribution >= 4 is 13.4 Å². The van der Waals surface area contributed by atoms with Crippen LogP contribution < -0.4 is 15.2 Å². The van der Waals surface area contributed by atoms with Crippen LogP contribution in [-0.2, 0) is 7.05 Å². The molecule has 1 heterocycles. The Kier molecular flexibility index (Phi) is 5.75. The molecule has 1 aromatic rings. The maximum absolute atomic E-state index is 11.6. The molecule has 0 atom stereocenters. The monoisotopic (exact) mass is 244 g/mol. The van der Waals surface area contributed by atoms with E-state index in [1.807, 2.05) is 0 Å². The lowest BCUT2D eigenvalue weighted by atomic mass is 10.4. The van der Waals surface area contributed by atoms with E-state index < -0.39 is 0 Å². The molecule has 0 radical (unpaired) electrons. The molecule has 0 aliphatic rings. The molecule has 0 fully saturated rings. The average molecular weight is 244 g/mol. The lowest BCUT2D eigenvalue weighted by Gasteiger charge is -2.12. The topological polar surface area (TPSA) is 53.0 Å². The van der Waals surface area contributed by atoms with Crippen LogP contribution >= 0.6 is 7.92 Å². The molecule has 0 unspecified atom stereocenters. The summed E-state index contributed by atoms with van der Waals surface area (Å²) >= 11 is 0. The number of rotatable bonds is 7. The van der Waals surface area contributed by atoms with Crippen LogP contribution in [0.1, 0.15) is 39.5 Å². The lowest BCUT2D eigenvalue weighted by molar-refractivity contribution is -0.724. The van der Waals surface area contributed by atoms with Gasteiger partial charge in [0.05, 0.1) is 5.27 Å². The summed E-state index contributed by atoms with van der Waals surface area (Å²) in [7, 11) is 1.42. The fourth-order valence-electron chi connectivity index (χ4n) is 1.67. The molecule has 0 aliphatic heterocycles. The Morgan fingerprint density at radius 2 is 1.81 bits per heavy atom. The highest BCUT2D eigenvalue weighted by Crippen LogP contribution is 2.37. The van der Waals surface area contributed by atoms with Crippen molar-refractivity contribution in [2.24, 2.45) is 7.05 Å². The minimum atomic E-state index is -0.378. The molecule has 4 nitrogen and oxygen atoms in total. The third-order valence-corrected chi connectivity index (χ3v) is 5.38. The maximum Gasteiger partial charge on any atom is 0.252 e. The summed E-state index contributed by atoms with van der Waals surface area (Å²) in [4.78, 5) is 0. The van der Waals surface area contributed by atoms with Crippen molar-refractivity contribution in [3.8, 4) is 5.95 Å². The van der Waals surface area contributed by atoms with Gasteiger partial charge in [0.2, 0.25) is 0 Å². The Hall–Kier alpha value is -0.630. The van der Waals surface area contributed by atoms with Crippen LogP contribution in [0.2, 0.25) is 0 Å². The summed E-state index contributed by atoms with van der Waals surface area (Å²) in [5.74, 6) is -0.235. The first-order valence-corrected chi connectivity index (χ1v) is 7.69. The molecule has 0 aromatic carbocycles. The van der Waals surface area contributed by atoms with Crippen molar-refractivity contribution in [1.29, 1.82) is 0 Å². The van der Waals surface area contributed by atoms with E-state index in [0.717, 1.165) is 17.8 Å². The standard InChI is InChI=1S/C11H21N2O2P/c1-4-6-8-16(9-7-5-2)10-11(14)15-12-13(10)3/h4-9H2,1-3H3. The van der Waals surface area contributed by atoms with Crippen LogP contribution in [0.4, 0.5) is 0 Å². The molecule has 0 bridgehead atoms. The first kappa shape index (κ1) is 13.4. The molecule has 92 valence electrons. The van der Waals surface area contributed by atoms with Crippen LogP contribution in [-0.4, -0.2) is 17.6 Å². The average Bonchev–Trinajstić information content (AvgIpc) is 2.60. The number of unbranched alkanes of at least 4 members (excludes halogenated alkanes) is 2. The summed E-state index contributed by atoms with van der Waals surface area (Å²) in [6.07, 6.45) is 6.95. The highest BCUT2D eigenvalue weighted by Gasteiger charge is 2.23. The summed E-state index contributed by atoms with van der Waals surface area (Å²) in [6.45, 7) is 4.36. The molecule has 0 saturated heterocycles. The van der Waals surface area contributed by atoms with Crippen molar-refractivity contribution in [3.05, 3.63) is 0 Å². The fraction of sp³-hybridized carbons (Fsp3) is 0.818. The van der Waals surface area contributed by atoms with Gasteiger partial charge in [-0.2, -0.15) is 0 Å². The maximum atomic E-state index is 11.6. The van der Waals surface area contributed by atoms with Crippen LogP contribution in [0, 0.1) is 0 Å². The fourth-order valence-corrected chi connectivity index (χ4v) is 4.45. The second-order valence-electron chi connectivity index (χ2n) is 4.00. The van der Waals surface area contributed by atoms with Gasteiger partial charge in [-0.05, 0) is 25.2 Å². The number of aryl methyl sites for hydroxylation is 1. The second-order valence-corrected chi connectivity index (χ2v) is 6.40. The zero-order valence-electron chi connectivity index (χ0n) is 10.4. The summed E-state index contributed by atoms with van der Waals surface area (Å²) < 4.78 is 6.33. The molecular formula is C11H21N2O2P. The molecule has 0 aliphatic carbocycles. The molecular weight excluding hydrogens is 223 g/mol. The Morgan fingerprint density at radius 1 is 1.25 bits per heavy atom. The van der Waals surface area contributed by atoms with Gasteiger partial charge in [-0.3, -0.25) is 0 Å². The molecule has 1 aromatic heterocycles. The second kappa shape index (κ2) is 6.85. The third-order valence-electron chi connectivity index (χ3n) is 2.60. The van der Waals surface area contributed by atoms with Crippen molar-refractivity contribution < 1.29 is 14.3 Å². The van der Waals surface area contributed by atoms with Gasteiger partial charge in [0.15, 0.2) is 13.0 Å². The lowest BCUT2D eigenvalue weighted by Crippen LogP contribution is -2.45. The van der Waals surface area contributed by atoms with Gasteiger partial charge < -0.3 is 9.63 Å². The predicted molar refractivity (Wildman–Crippen MR) is 63.2 cm³/mol. The summed E-state index contributed by atoms with van der Waals surface area (Å²) in [5, 5.41) is 15.3. The van der Waals surface area contributed by atoms with Gasteiger partial charge in [0.25, 0.3) is 5.44 Å². The smallest absolute Gasteiger partial charge is 0.252 e. The Balaban J connectivity index is 2.74. The largest absolute Gasteiger partial charge is 0.539 e. The SMILES string of the molecule is CCCCP(CCCC)c1c([O-])on[n+]1C. The van der Waals surface area contributed by atoms with Gasteiger partial charge in [0.1, 0.15) is 0 Å². The molecule has 0 amide bonds.